The molecule has 4 aromatic heterocycles. The van der Waals surface area contributed by atoms with Gasteiger partial charge in [-0.05, 0) is 50.2 Å². The Morgan fingerprint density at radius 2 is 1.77 bits per heavy atom. The summed E-state index contributed by atoms with van der Waals surface area (Å²) in [6, 6.07) is 21.0. The molecule has 0 unspecified atom stereocenters. The van der Waals surface area contributed by atoms with Crippen molar-refractivity contribution in [1.82, 2.24) is 18.9 Å². The molecule has 0 N–H and O–H groups in total. The summed E-state index contributed by atoms with van der Waals surface area (Å²) in [5.74, 6) is 0. The van der Waals surface area contributed by atoms with E-state index in [9.17, 15) is 0 Å². The van der Waals surface area contributed by atoms with E-state index in [1.807, 2.05) is 19.2 Å². The van der Waals surface area contributed by atoms with Crippen molar-refractivity contribution in [2.45, 2.75) is 13.8 Å². The van der Waals surface area contributed by atoms with Gasteiger partial charge in [0.25, 0.3) is 0 Å². The summed E-state index contributed by atoms with van der Waals surface area (Å²) in [6.45, 7) is 4.10. The minimum absolute atomic E-state index is 0.956. The van der Waals surface area contributed by atoms with Gasteiger partial charge in [0.05, 0.1) is 22.6 Å². The lowest BCUT2D eigenvalue weighted by Gasteiger charge is -2.12. The maximum absolute atomic E-state index is 4.75. The highest BCUT2D eigenvalue weighted by Crippen LogP contribution is 2.31. The zero-order chi connectivity index (χ0) is 17.7. The van der Waals surface area contributed by atoms with Gasteiger partial charge < -0.3 is 8.97 Å². The second-order valence-corrected chi connectivity index (χ2v) is 6.60. The van der Waals surface area contributed by atoms with Gasteiger partial charge in [-0.2, -0.15) is 0 Å². The van der Waals surface area contributed by atoms with E-state index in [0.29, 0.717) is 0 Å². The lowest BCUT2D eigenvalue weighted by Crippen LogP contribution is -2.00. The van der Waals surface area contributed by atoms with Crippen LogP contribution in [0.5, 0.6) is 0 Å². The number of rotatable bonds is 2. The molecule has 0 aliphatic carbocycles. The molecule has 0 saturated carbocycles. The molecule has 5 aromatic rings. The third-order valence-electron chi connectivity index (χ3n) is 4.79. The normalized spacial score (nSPS) is 11.5. The van der Waals surface area contributed by atoms with Crippen LogP contribution < -0.4 is 0 Å². The Balaban J connectivity index is 1.85. The Bertz CT molecular complexity index is 1260. The van der Waals surface area contributed by atoms with Crippen molar-refractivity contribution >= 4 is 16.6 Å². The van der Waals surface area contributed by atoms with Crippen LogP contribution in [0.1, 0.15) is 11.4 Å². The van der Waals surface area contributed by atoms with E-state index in [-0.39, 0.29) is 0 Å². The monoisotopic (exact) mass is 338 g/mol. The highest BCUT2D eigenvalue weighted by atomic mass is 15.1. The molecule has 0 amide bonds. The number of imidazole rings is 1. The van der Waals surface area contributed by atoms with Crippen molar-refractivity contribution in [3.8, 4) is 17.1 Å². The molecule has 0 fully saturated rings. The van der Waals surface area contributed by atoms with E-state index in [0.717, 1.165) is 34.1 Å². The minimum Gasteiger partial charge on any atom is -0.306 e. The predicted molar refractivity (Wildman–Crippen MR) is 105 cm³/mol. The van der Waals surface area contributed by atoms with E-state index in [4.69, 9.17) is 4.98 Å². The summed E-state index contributed by atoms with van der Waals surface area (Å²) in [4.78, 5) is 9.19. The van der Waals surface area contributed by atoms with E-state index in [1.165, 1.54) is 10.9 Å². The Morgan fingerprint density at radius 1 is 0.885 bits per heavy atom. The molecule has 5 rings (SSSR count). The number of hydrogen-bond donors (Lipinski definition) is 0. The second kappa shape index (κ2) is 5.56. The molecule has 0 atom stereocenters. The lowest BCUT2D eigenvalue weighted by atomic mass is 10.2. The average molecular weight is 338 g/mol. The highest BCUT2D eigenvalue weighted by molar-refractivity contribution is 5.88. The molecule has 1 aromatic carbocycles. The summed E-state index contributed by atoms with van der Waals surface area (Å²) in [6.07, 6.45) is 4.04. The fourth-order valence-corrected chi connectivity index (χ4v) is 3.53. The van der Waals surface area contributed by atoms with Gasteiger partial charge in [-0.25, -0.2) is 4.98 Å². The minimum atomic E-state index is 0.956. The van der Waals surface area contributed by atoms with Crippen molar-refractivity contribution in [1.29, 1.82) is 0 Å². The van der Waals surface area contributed by atoms with Crippen LogP contribution >= 0.6 is 0 Å². The van der Waals surface area contributed by atoms with Gasteiger partial charge >= 0.3 is 0 Å². The Hall–Kier alpha value is -3.40. The number of benzene rings is 1. The van der Waals surface area contributed by atoms with Gasteiger partial charge in [-0.3, -0.25) is 4.98 Å². The van der Waals surface area contributed by atoms with Crippen molar-refractivity contribution in [3.63, 3.8) is 0 Å². The standard InChI is InChI=1S/C22H18N4/c1-15-6-5-8-19(24-15)21-12-17-7-3-4-9-20(17)26(21)18-10-11-22-23-13-16(2)25(22)14-18/h3-14H,1-2H3. The average Bonchev–Trinajstić information content (AvgIpc) is 3.22. The summed E-state index contributed by atoms with van der Waals surface area (Å²) < 4.78 is 4.40. The number of nitrogens with zero attached hydrogens (tertiary/aromatic N) is 4. The van der Waals surface area contributed by atoms with Crippen LogP contribution in [0.15, 0.2) is 73.1 Å². The molecule has 0 bridgehead atoms. The van der Waals surface area contributed by atoms with E-state index in [2.05, 4.69) is 81.7 Å². The van der Waals surface area contributed by atoms with Gasteiger partial charge in [0.15, 0.2) is 0 Å². The molecular weight excluding hydrogens is 320 g/mol. The molecule has 0 aliphatic heterocycles. The lowest BCUT2D eigenvalue weighted by molar-refractivity contribution is 1.04. The van der Waals surface area contributed by atoms with Crippen molar-refractivity contribution < 1.29 is 0 Å². The van der Waals surface area contributed by atoms with Crippen LogP contribution in [0.4, 0.5) is 0 Å². The molecule has 26 heavy (non-hydrogen) atoms. The molecule has 0 spiro atoms. The zero-order valence-corrected chi connectivity index (χ0v) is 14.7. The van der Waals surface area contributed by atoms with Crippen molar-refractivity contribution in [3.05, 3.63) is 84.4 Å². The molecule has 4 heteroatoms. The van der Waals surface area contributed by atoms with Gasteiger partial charge in [-0.1, -0.05) is 24.3 Å². The van der Waals surface area contributed by atoms with Crippen molar-refractivity contribution in [2.24, 2.45) is 0 Å². The molecule has 0 aliphatic rings. The van der Waals surface area contributed by atoms with E-state index in [1.54, 1.807) is 0 Å². The predicted octanol–water partition coefficient (Wildman–Crippen LogP) is 4.96. The molecular formula is C22H18N4. The Kier molecular flexibility index (Phi) is 3.19. The number of hydrogen-bond acceptors (Lipinski definition) is 2. The number of aromatic nitrogens is 4. The van der Waals surface area contributed by atoms with Gasteiger partial charge in [0.2, 0.25) is 0 Å². The topological polar surface area (TPSA) is 35.1 Å². The first-order chi connectivity index (χ1) is 12.7. The number of para-hydroxylation sites is 1. The largest absolute Gasteiger partial charge is 0.306 e. The van der Waals surface area contributed by atoms with Crippen LogP contribution in [0.2, 0.25) is 0 Å². The summed E-state index contributed by atoms with van der Waals surface area (Å²) in [7, 11) is 0. The van der Waals surface area contributed by atoms with Gasteiger partial charge in [0, 0.05) is 29.2 Å². The maximum atomic E-state index is 4.75. The fourth-order valence-electron chi connectivity index (χ4n) is 3.53. The first kappa shape index (κ1) is 14.9. The van der Waals surface area contributed by atoms with Crippen molar-refractivity contribution in [2.75, 3.05) is 0 Å². The zero-order valence-electron chi connectivity index (χ0n) is 14.7. The van der Waals surface area contributed by atoms with Crippen LogP contribution in [-0.2, 0) is 0 Å². The number of pyridine rings is 2. The Morgan fingerprint density at radius 3 is 2.65 bits per heavy atom. The molecule has 0 radical (unpaired) electrons. The third-order valence-corrected chi connectivity index (χ3v) is 4.79. The Labute approximate surface area is 151 Å². The summed E-state index contributed by atoms with van der Waals surface area (Å²) in [5.41, 5.74) is 7.42. The summed E-state index contributed by atoms with van der Waals surface area (Å²) >= 11 is 0. The maximum Gasteiger partial charge on any atom is 0.137 e. The summed E-state index contributed by atoms with van der Waals surface area (Å²) in [5, 5.41) is 1.20. The fraction of sp³-hybridized carbons (Fsp3) is 0.0909. The SMILES string of the molecule is Cc1cccc(-c2cc3ccccc3n2-c2ccc3ncc(C)n3c2)n1. The highest BCUT2D eigenvalue weighted by Gasteiger charge is 2.14. The first-order valence-electron chi connectivity index (χ1n) is 8.69. The molecule has 4 nitrogen and oxygen atoms in total. The molecule has 126 valence electrons. The third kappa shape index (κ3) is 2.23. The van der Waals surface area contributed by atoms with Crippen LogP contribution in [0.25, 0.3) is 33.6 Å². The first-order valence-corrected chi connectivity index (χ1v) is 8.69. The van der Waals surface area contributed by atoms with Crippen LogP contribution in [0.3, 0.4) is 0 Å². The number of fused-ring (bicyclic) bond motifs is 2. The number of aryl methyl sites for hydroxylation is 2. The van der Waals surface area contributed by atoms with Crippen LogP contribution in [-0.4, -0.2) is 18.9 Å². The van der Waals surface area contributed by atoms with Gasteiger partial charge in [0.1, 0.15) is 5.65 Å². The molecule has 0 saturated heterocycles. The quantitative estimate of drug-likeness (QED) is 0.456. The van der Waals surface area contributed by atoms with Crippen LogP contribution in [0, 0.1) is 13.8 Å². The second-order valence-electron chi connectivity index (χ2n) is 6.60. The molecule has 4 heterocycles. The van der Waals surface area contributed by atoms with E-state index >= 15 is 0 Å². The smallest absolute Gasteiger partial charge is 0.137 e. The van der Waals surface area contributed by atoms with E-state index < -0.39 is 0 Å². The van der Waals surface area contributed by atoms with Gasteiger partial charge in [-0.15, -0.1) is 0 Å².